The van der Waals surface area contributed by atoms with Crippen molar-refractivity contribution in [2.24, 2.45) is 5.92 Å². The molecule has 21 heavy (non-hydrogen) atoms. The first-order chi connectivity index (χ1) is 10.1. The van der Waals surface area contributed by atoms with E-state index in [9.17, 15) is 4.79 Å². The molecule has 0 spiro atoms. The van der Waals surface area contributed by atoms with Crippen LogP contribution in [0.4, 0.5) is 11.4 Å². The van der Waals surface area contributed by atoms with E-state index in [-0.39, 0.29) is 5.91 Å². The molecule has 1 aromatic carbocycles. The summed E-state index contributed by atoms with van der Waals surface area (Å²) in [7, 11) is 1.78. The van der Waals surface area contributed by atoms with Gasteiger partial charge >= 0.3 is 0 Å². The molecule has 0 unspecified atom stereocenters. The molecule has 1 N–H and O–H groups in total. The van der Waals surface area contributed by atoms with E-state index in [0.717, 1.165) is 31.6 Å². The maximum absolute atomic E-state index is 11.8. The van der Waals surface area contributed by atoms with Crippen molar-refractivity contribution < 1.29 is 9.53 Å². The number of rotatable bonds is 5. The van der Waals surface area contributed by atoms with Crippen LogP contribution in [-0.2, 0) is 9.53 Å². The quantitative estimate of drug-likeness (QED) is 0.904. The highest BCUT2D eigenvalue weighted by atomic mass is 16.5. The zero-order valence-electron chi connectivity index (χ0n) is 13.3. The number of hydrogen-bond donors (Lipinski definition) is 1. The molecule has 0 radical (unpaired) electrons. The first-order valence-electron chi connectivity index (χ1n) is 7.76. The first kappa shape index (κ1) is 15.8. The summed E-state index contributed by atoms with van der Waals surface area (Å²) in [5.74, 6) is 0.457. The first-order valence-corrected chi connectivity index (χ1v) is 7.76. The molecule has 1 aliphatic rings. The zero-order chi connectivity index (χ0) is 15.2. The molecule has 1 heterocycles. The fourth-order valence-corrected chi connectivity index (χ4v) is 2.70. The molecule has 116 valence electrons. The maximum atomic E-state index is 11.8. The van der Waals surface area contributed by atoms with Crippen molar-refractivity contribution in [1.29, 1.82) is 0 Å². The Morgan fingerprint density at radius 1 is 1.38 bits per heavy atom. The smallest absolute Gasteiger partial charge is 0.224 e. The Morgan fingerprint density at radius 2 is 2.10 bits per heavy atom. The van der Waals surface area contributed by atoms with Gasteiger partial charge in [-0.1, -0.05) is 13.8 Å². The van der Waals surface area contributed by atoms with Crippen molar-refractivity contribution in [3.63, 3.8) is 0 Å². The Kier molecular flexibility index (Phi) is 5.62. The van der Waals surface area contributed by atoms with Crippen LogP contribution in [0.1, 0.15) is 33.1 Å². The number of carbonyl (C=O) groups excluding carboxylic acids is 1. The molecular weight excluding hydrogens is 264 g/mol. The molecule has 1 aromatic rings. The van der Waals surface area contributed by atoms with Crippen LogP contribution < -0.4 is 10.2 Å². The highest BCUT2D eigenvalue weighted by Gasteiger charge is 2.19. The second-order valence-corrected chi connectivity index (χ2v) is 6.14. The number of piperidine rings is 1. The fourth-order valence-electron chi connectivity index (χ4n) is 2.70. The molecule has 4 heteroatoms. The molecule has 1 atom stereocenters. The van der Waals surface area contributed by atoms with Crippen LogP contribution in [0.2, 0.25) is 0 Å². The second-order valence-electron chi connectivity index (χ2n) is 6.14. The Hall–Kier alpha value is -1.55. The molecule has 1 amide bonds. The van der Waals surface area contributed by atoms with Gasteiger partial charge in [-0.2, -0.15) is 0 Å². The van der Waals surface area contributed by atoms with Gasteiger partial charge in [0.25, 0.3) is 0 Å². The van der Waals surface area contributed by atoms with E-state index in [1.165, 1.54) is 5.69 Å². The Balaban J connectivity index is 1.94. The number of methoxy groups -OCH3 is 1. The number of nitrogens with zero attached hydrogens (tertiary/aromatic N) is 1. The summed E-state index contributed by atoms with van der Waals surface area (Å²) in [6, 6.07) is 8.10. The molecule has 1 saturated heterocycles. The van der Waals surface area contributed by atoms with Crippen LogP contribution in [-0.4, -0.2) is 32.2 Å². The summed E-state index contributed by atoms with van der Waals surface area (Å²) < 4.78 is 5.46. The van der Waals surface area contributed by atoms with Crippen molar-refractivity contribution in [1.82, 2.24) is 0 Å². The molecule has 0 aliphatic carbocycles. The average molecular weight is 290 g/mol. The third-order valence-electron chi connectivity index (χ3n) is 3.82. The number of carbonyl (C=O) groups is 1. The minimum atomic E-state index is 0.0789. The van der Waals surface area contributed by atoms with Crippen molar-refractivity contribution in [2.45, 2.75) is 39.2 Å². The van der Waals surface area contributed by atoms with Crippen molar-refractivity contribution in [3.05, 3.63) is 24.3 Å². The van der Waals surface area contributed by atoms with E-state index in [2.05, 4.69) is 22.3 Å². The average Bonchev–Trinajstić information content (AvgIpc) is 2.47. The topological polar surface area (TPSA) is 41.6 Å². The van der Waals surface area contributed by atoms with Gasteiger partial charge in [-0.3, -0.25) is 4.79 Å². The van der Waals surface area contributed by atoms with E-state index in [0.29, 0.717) is 18.4 Å². The van der Waals surface area contributed by atoms with Crippen LogP contribution in [0.15, 0.2) is 24.3 Å². The number of ether oxygens (including phenoxy) is 1. The molecule has 0 bridgehead atoms. The third kappa shape index (κ3) is 4.74. The lowest BCUT2D eigenvalue weighted by Gasteiger charge is -2.33. The van der Waals surface area contributed by atoms with E-state index >= 15 is 0 Å². The van der Waals surface area contributed by atoms with Crippen molar-refractivity contribution in [3.8, 4) is 0 Å². The van der Waals surface area contributed by atoms with Gasteiger partial charge in [0.1, 0.15) is 0 Å². The molecule has 1 aliphatic heterocycles. The second kappa shape index (κ2) is 7.46. The summed E-state index contributed by atoms with van der Waals surface area (Å²) in [5, 5.41) is 2.94. The minimum absolute atomic E-state index is 0.0789. The number of anilines is 2. The lowest BCUT2D eigenvalue weighted by Crippen LogP contribution is -2.39. The lowest BCUT2D eigenvalue weighted by atomic mass is 10.1. The summed E-state index contributed by atoms with van der Waals surface area (Å²) >= 11 is 0. The predicted octanol–water partition coefficient (Wildman–Crippen LogP) is 3.29. The van der Waals surface area contributed by atoms with E-state index in [4.69, 9.17) is 4.74 Å². The molecule has 2 rings (SSSR count). The molecule has 0 aromatic heterocycles. The number of benzene rings is 1. The van der Waals surface area contributed by atoms with Crippen LogP contribution in [0, 0.1) is 5.92 Å². The zero-order valence-corrected chi connectivity index (χ0v) is 13.3. The van der Waals surface area contributed by atoms with Crippen LogP contribution in [0.25, 0.3) is 0 Å². The van der Waals surface area contributed by atoms with Crippen LogP contribution in [0.5, 0.6) is 0 Å². The van der Waals surface area contributed by atoms with Crippen molar-refractivity contribution in [2.75, 3.05) is 30.4 Å². The fraction of sp³-hybridized carbons (Fsp3) is 0.588. The highest BCUT2D eigenvalue weighted by molar-refractivity contribution is 5.90. The normalized spacial score (nSPS) is 18.9. The molecular formula is C17H26N2O2. The summed E-state index contributed by atoms with van der Waals surface area (Å²) in [6.07, 6.45) is 3.18. The van der Waals surface area contributed by atoms with Crippen LogP contribution in [0.3, 0.4) is 0 Å². The van der Waals surface area contributed by atoms with E-state index in [1.807, 2.05) is 26.0 Å². The summed E-state index contributed by atoms with van der Waals surface area (Å²) in [4.78, 5) is 14.1. The van der Waals surface area contributed by atoms with Gasteiger partial charge < -0.3 is 15.0 Å². The van der Waals surface area contributed by atoms with Gasteiger partial charge in [-0.25, -0.2) is 0 Å². The van der Waals surface area contributed by atoms with Gasteiger partial charge in [0.15, 0.2) is 0 Å². The summed E-state index contributed by atoms with van der Waals surface area (Å²) in [5.41, 5.74) is 2.06. The van der Waals surface area contributed by atoms with Gasteiger partial charge in [-0.15, -0.1) is 0 Å². The van der Waals surface area contributed by atoms with E-state index in [1.54, 1.807) is 7.11 Å². The largest absolute Gasteiger partial charge is 0.380 e. The van der Waals surface area contributed by atoms with Gasteiger partial charge in [-0.05, 0) is 43.0 Å². The highest BCUT2D eigenvalue weighted by Crippen LogP contribution is 2.23. The lowest BCUT2D eigenvalue weighted by molar-refractivity contribution is -0.116. The van der Waals surface area contributed by atoms with Crippen molar-refractivity contribution >= 4 is 17.3 Å². The van der Waals surface area contributed by atoms with Crippen LogP contribution >= 0.6 is 0 Å². The predicted molar refractivity (Wildman–Crippen MR) is 86.8 cm³/mol. The Morgan fingerprint density at radius 3 is 2.71 bits per heavy atom. The Bertz CT molecular complexity index is 456. The van der Waals surface area contributed by atoms with Gasteiger partial charge in [0.2, 0.25) is 5.91 Å². The number of amides is 1. The number of hydrogen-bond acceptors (Lipinski definition) is 3. The van der Waals surface area contributed by atoms with Gasteiger partial charge in [0, 0.05) is 38.0 Å². The minimum Gasteiger partial charge on any atom is -0.380 e. The summed E-state index contributed by atoms with van der Waals surface area (Å²) in [6.45, 7) is 6.10. The standard InChI is InChI=1S/C17H26N2O2/c1-13(2)11-17(20)18-14-6-8-15(9-7-14)19-10-4-5-16(12-19)21-3/h6-9,13,16H,4-5,10-12H2,1-3H3,(H,18,20)/t16-/m1/s1. The Labute approximate surface area is 127 Å². The van der Waals surface area contributed by atoms with Gasteiger partial charge in [0.05, 0.1) is 6.10 Å². The third-order valence-corrected chi connectivity index (χ3v) is 3.82. The monoisotopic (exact) mass is 290 g/mol. The molecule has 1 fully saturated rings. The number of nitrogens with one attached hydrogen (secondary N) is 1. The SMILES string of the molecule is CO[C@@H]1CCCN(c2ccc(NC(=O)CC(C)C)cc2)C1. The van der Waals surface area contributed by atoms with E-state index < -0.39 is 0 Å². The maximum Gasteiger partial charge on any atom is 0.224 e. The molecule has 4 nitrogen and oxygen atoms in total. The molecule has 0 saturated carbocycles.